The molecule has 0 fully saturated rings. The highest BCUT2D eigenvalue weighted by molar-refractivity contribution is 7.73. The Morgan fingerprint density at radius 1 is 0.565 bits per heavy atom. The third-order valence-electron chi connectivity index (χ3n) is 4.64. The highest BCUT2D eigenvalue weighted by Gasteiger charge is 2.20. The lowest BCUT2D eigenvalue weighted by Gasteiger charge is -2.28. The van der Waals surface area contributed by atoms with Gasteiger partial charge in [-0.25, -0.2) is 0 Å². The third kappa shape index (κ3) is 11.8. The molecule has 0 aliphatic heterocycles. The molecule has 0 aliphatic rings. The molecule has 0 rings (SSSR count). The summed E-state index contributed by atoms with van der Waals surface area (Å²) >= 11 is 0. The van der Waals surface area contributed by atoms with Gasteiger partial charge in [0.25, 0.3) is 0 Å². The first-order valence-electron chi connectivity index (χ1n) is 10.5. The molecule has 0 saturated heterocycles. The van der Waals surface area contributed by atoms with Crippen LogP contribution in [0.4, 0.5) is 0 Å². The monoisotopic (exact) mass is 361 g/mol. The minimum Gasteiger partial charge on any atom is -0.280 e. The van der Waals surface area contributed by atoms with Gasteiger partial charge >= 0.3 is 0 Å². The van der Waals surface area contributed by atoms with Crippen LogP contribution in [0.2, 0.25) is 0 Å². The van der Waals surface area contributed by atoms with Crippen LogP contribution in [0.25, 0.3) is 0 Å². The summed E-state index contributed by atoms with van der Waals surface area (Å²) in [6.07, 6.45) is 20.9. The van der Waals surface area contributed by atoms with Crippen molar-refractivity contribution < 1.29 is 0 Å². The van der Waals surface area contributed by atoms with Crippen molar-refractivity contribution in [2.75, 3.05) is 30.8 Å². The quantitative estimate of drug-likeness (QED) is 0.244. The lowest BCUT2D eigenvalue weighted by Crippen LogP contribution is -2.02. The van der Waals surface area contributed by atoms with Gasteiger partial charge in [0.1, 0.15) is 0 Å². The van der Waals surface area contributed by atoms with Crippen LogP contribution in [0.1, 0.15) is 98.8 Å². The van der Waals surface area contributed by atoms with Crippen molar-refractivity contribution in [1.82, 2.24) is 0 Å². The van der Waals surface area contributed by atoms with Crippen LogP contribution in [-0.4, -0.2) is 30.8 Å². The Bertz CT molecular complexity index is 265. The fourth-order valence-corrected chi connectivity index (χ4v) is 11.9. The smallest absolute Gasteiger partial charge is 0.0138 e. The van der Waals surface area contributed by atoms with Gasteiger partial charge in [-0.3, -0.25) is 4.52 Å². The summed E-state index contributed by atoms with van der Waals surface area (Å²) in [5, 5.41) is 0. The molecule has 0 atom stereocenters. The van der Waals surface area contributed by atoms with Crippen LogP contribution in [0, 0.1) is 0 Å². The Labute approximate surface area is 149 Å². The molecule has 0 spiro atoms. The lowest BCUT2D eigenvalue weighted by atomic mass is 10.4. The van der Waals surface area contributed by atoms with E-state index in [-0.39, 0.29) is 8.07 Å². The Kier molecular flexibility index (Phi) is 16.6. The zero-order valence-corrected chi connectivity index (χ0v) is 18.7. The van der Waals surface area contributed by atoms with Crippen LogP contribution in [0.5, 0.6) is 0 Å². The Balaban J connectivity index is 5.27. The highest BCUT2D eigenvalue weighted by atomic mass is 31.2. The van der Waals surface area contributed by atoms with Gasteiger partial charge in [-0.2, -0.15) is 0 Å². The topological polar surface area (TPSA) is 12.4 Å². The minimum atomic E-state index is -1.03. The van der Waals surface area contributed by atoms with Crippen LogP contribution < -0.4 is 0 Å². The molecule has 0 saturated carbocycles. The summed E-state index contributed by atoms with van der Waals surface area (Å²) in [6, 6.07) is 0. The molecule has 0 unspecified atom stereocenters. The molecule has 0 aliphatic carbocycles. The van der Waals surface area contributed by atoms with Gasteiger partial charge in [-0.1, -0.05) is 66.7 Å². The Hall–Kier alpha value is 0.660. The number of nitrogens with zero attached hydrogens (tertiary/aromatic N) is 1. The first-order chi connectivity index (χ1) is 11.2. The average molecular weight is 362 g/mol. The molecule has 0 heterocycles. The van der Waals surface area contributed by atoms with E-state index in [9.17, 15) is 0 Å². The summed E-state index contributed by atoms with van der Waals surface area (Å²) in [5.41, 5.74) is 0. The van der Waals surface area contributed by atoms with Crippen LogP contribution in [0.3, 0.4) is 0 Å². The van der Waals surface area contributed by atoms with Gasteiger partial charge in [0.15, 0.2) is 0 Å². The molecule has 23 heavy (non-hydrogen) atoms. The minimum absolute atomic E-state index is 0.0357. The van der Waals surface area contributed by atoms with Crippen molar-refractivity contribution in [1.29, 1.82) is 0 Å². The third-order valence-corrected chi connectivity index (χ3v) is 12.3. The van der Waals surface area contributed by atoms with Gasteiger partial charge < -0.3 is 0 Å². The van der Waals surface area contributed by atoms with Crippen LogP contribution >= 0.6 is 15.1 Å². The van der Waals surface area contributed by atoms with E-state index in [0.717, 1.165) is 0 Å². The Morgan fingerprint density at radius 3 is 1.22 bits per heavy atom. The molecule has 3 heteroatoms. The zero-order valence-electron chi connectivity index (χ0n) is 16.9. The number of rotatable bonds is 16. The molecule has 0 aromatic rings. The van der Waals surface area contributed by atoms with Crippen molar-refractivity contribution in [3.63, 3.8) is 0 Å². The molecular weight excluding hydrogens is 316 g/mol. The van der Waals surface area contributed by atoms with E-state index in [4.69, 9.17) is 4.52 Å². The summed E-state index contributed by atoms with van der Waals surface area (Å²) < 4.78 is 5.77. The molecule has 0 amide bonds. The van der Waals surface area contributed by atoms with E-state index >= 15 is 0 Å². The average Bonchev–Trinajstić information content (AvgIpc) is 2.58. The molecule has 0 radical (unpaired) electrons. The highest BCUT2D eigenvalue weighted by Crippen LogP contribution is 2.60. The lowest BCUT2D eigenvalue weighted by molar-refractivity contribution is 0.840. The maximum atomic E-state index is 5.77. The van der Waals surface area contributed by atoms with E-state index < -0.39 is 7.05 Å². The SMILES string of the molecule is CCCCP(CCCC)N=P(CCCC)(CCCC)CCCC. The zero-order chi connectivity index (χ0) is 17.4. The largest absolute Gasteiger partial charge is 0.280 e. The molecule has 0 aromatic carbocycles. The number of unbranched alkanes of at least 4 members (excludes halogenated alkanes) is 5. The normalized spacial score (nSPS) is 12.1. The Morgan fingerprint density at radius 2 is 0.913 bits per heavy atom. The number of hydrogen-bond acceptors (Lipinski definition) is 1. The first-order valence-corrected chi connectivity index (χ1v) is 14.5. The van der Waals surface area contributed by atoms with E-state index in [1.54, 1.807) is 0 Å². The standard InChI is InChI=1S/C20H45NP2/c1-6-11-16-22(17-12-7-2)21-23(18-13-8-3,19-14-9-4)20-15-10-5/h6-20H2,1-5H3. The maximum absolute atomic E-state index is 5.77. The second-order valence-electron chi connectivity index (χ2n) is 7.08. The van der Waals surface area contributed by atoms with Gasteiger partial charge in [0, 0.05) is 8.07 Å². The first kappa shape index (κ1) is 23.7. The summed E-state index contributed by atoms with van der Waals surface area (Å²) in [7, 11) is -1.06. The number of hydrogen-bond donors (Lipinski definition) is 0. The summed E-state index contributed by atoms with van der Waals surface area (Å²) in [5.74, 6) is 0. The molecule has 0 N–H and O–H groups in total. The predicted molar refractivity (Wildman–Crippen MR) is 115 cm³/mol. The molecular formula is C20H45NP2. The van der Waals surface area contributed by atoms with Gasteiger partial charge in [-0.15, -0.1) is 0 Å². The van der Waals surface area contributed by atoms with Gasteiger partial charge in [-0.05, 0) is 70.0 Å². The van der Waals surface area contributed by atoms with E-state index in [2.05, 4.69) is 34.6 Å². The molecule has 0 aromatic heterocycles. The fourth-order valence-electron chi connectivity index (χ4n) is 2.98. The molecule has 1 nitrogen and oxygen atoms in total. The second kappa shape index (κ2) is 16.1. The summed E-state index contributed by atoms with van der Waals surface area (Å²) in [6.45, 7) is 11.7. The van der Waals surface area contributed by atoms with Crippen molar-refractivity contribution in [2.45, 2.75) is 98.8 Å². The van der Waals surface area contributed by atoms with E-state index in [1.165, 1.54) is 95.0 Å². The van der Waals surface area contributed by atoms with Gasteiger partial charge in [0.05, 0.1) is 0 Å². The van der Waals surface area contributed by atoms with Crippen LogP contribution in [-0.2, 0) is 0 Å². The van der Waals surface area contributed by atoms with Crippen molar-refractivity contribution in [2.24, 2.45) is 4.52 Å². The van der Waals surface area contributed by atoms with E-state index in [0.29, 0.717) is 0 Å². The predicted octanol–water partition coefficient (Wildman–Crippen LogP) is 8.59. The molecule has 0 bridgehead atoms. The van der Waals surface area contributed by atoms with Crippen molar-refractivity contribution >= 4 is 15.1 Å². The van der Waals surface area contributed by atoms with Gasteiger partial charge in [0.2, 0.25) is 0 Å². The fraction of sp³-hybridized carbons (Fsp3) is 1.00. The van der Waals surface area contributed by atoms with E-state index in [1.807, 2.05) is 0 Å². The summed E-state index contributed by atoms with van der Waals surface area (Å²) in [4.78, 5) is 0. The maximum Gasteiger partial charge on any atom is 0.0138 e. The van der Waals surface area contributed by atoms with Crippen molar-refractivity contribution in [3.05, 3.63) is 0 Å². The van der Waals surface area contributed by atoms with Crippen LogP contribution in [0.15, 0.2) is 4.52 Å². The molecule has 140 valence electrons. The van der Waals surface area contributed by atoms with Crippen molar-refractivity contribution in [3.8, 4) is 0 Å². The second-order valence-corrected chi connectivity index (χ2v) is 13.2.